The molecular weight excluding hydrogens is 458 g/mol. The summed E-state index contributed by atoms with van der Waals surface area (Å²) >= 11 is 0. The monoisotopic (exact) mass is 491 g/mol. The van der Waals surface area contributed by atoms with Gasteiger partial charge in [-0.2, -0.15) is 4.31 Å². The fourth-order valence-corrected chi connectivity index (χ4v) is 5.79. The van der Waals surface area contributed by atoms with Crippen molar-refractivity contribution >= 4 is 21.6 Å². The summed E-state index contributed by atoms with van der Waals surface area (Å²) in [7, 11) is -3.55. The Bertz CT molecular complexity index is 1250. The molecule has 0 unspecified atom stereocenters. The highest BCUT2D eigenvalue weighted by atomic mass is 32.2. The summed E-state index contributed by atoms with van der Waals surface area (Å²) in [6.45, 7) is 7.74. The summed E-state index contributed by atoms with van der Waals surface area (Å²) in [4.78, 5) is 15.5. The summed E-state index contributed by atoms with van der Waals surface area (Å²) in [5.41, 5.74) is 3.88. The highest BCUT2D eigenvalue weighted by molar-refractivity contribution is 7.89. The second kappa shape index (κ2) is 10.7. The number of nitrogens with one attached hydrogen (secondary N) is 1. The number of para-hydroxylation sites is 1. The van der Waals surface area contributed by atoms with Gasteiger partial charge in [0, 0.05) is 37.4 Å². The molecule has 1 amide bonds. The minimum atomic E-state index is -3.55. The van der Waals surface area contributed by atoms with Crippen LogP contribution >= 0.6 is 0 Å². The summed E-state index contributed by atoms with van der Waals surface area (Å²) < 4.78 is 27.8. The van der Waals surface area contributed by atoms with Crippen LogP contribution in [0.1, 0.15) is 32.3 Å². The van der Waals surface area contributed by atoms with Crippen LogP contribution in [0.4, 0.5) is 5.69 Å². The standard InChI is InChI=1S/C28H33N3O3S/c1-21(2)23-13-15-25(16-14-23)35(33,34)31-19-17-30(18-20-31)22(3)28(32)29-27-12-8-7-11-26(27)24-9-5-4-6-10-24/h4-16,21-22H,17-20H2,1-3H3,(H,29,32)/t22-/m0/s1. The second-order valence-electron chi connectivity index (χ2n) is 9.24. The molecular formula is C28H33N3O3S. The zero-order chi connectivity index (χ0) is 25.0. The molecule has 0 aliphatic carbocycles. The molecule has 6 nitrogen and oxygen atoms in total. The van der Waals surface area contributed by atoms with E-state index in [0.29, 0.717) is 37.0 Å². The molecule has 7 heteroatoms. The molecule has 1 fully saturated rings. The lowest BCUT2D eigenvalue weighted by Gasteiger charge is -2.36. The van der Waals surface area contributed by atoms with Gasteiger partial charge >= 0.3 is 0 Å². The summed E-state index contributed by atoms with van der Waals surface area (Å²) in [6, 6.07) is 24.5. The molecule has 0 radical (unpaired) electrons. The Morgan fingerprint density at radius 1 is 0.800 bits per heavy atom. The van der Waals surface area contributed by atoms with Crippen molar-refractivity contribution < 1.29 is 13.2 Å². The molecule has 0 saturated carbocycles. The van der Waals surface area contributed by atoms with Gasteiger partial charge in [-0.15, -0.1) is 0 Å². The minimum Gasteiger partial charge on any atom is -0.324 e. The van der Waals surface area contributed by atoms with E-state index in [1.165, 1.54) is 4.31 Å². The summed E-state index contributed by atoms with van der Waals surface area (Å²) in [5.74, 6) is 0.247. The van der Waals surface area contributed by atoms with Crippen LogP contribution in [0.2, 0.25) is 0 Å². The van der Waals surface area contributed by atoms with Gasteiger partial charge in [-0.1, -0.05) is 74.5 Å². The lowest BCUT2D eigenvalue weighted by Crippen LogP contribution is -2.53. The van der Waals surface area contributed by atoms with Gasteiger partial charge in [-0.3, -0.25) is 9.69 Å². The molecule has 1 N–H and O–H groups in total. The number of anilines is 1. The van der Waals surface area contributed by atoms with Crippen LogP contribution in [-0.2, 0) is 14.8 Å². The number of nitrogens with zero attached hydrogens (tertiary/aromatic N) is 2. The van der Waals surface area contributed by atoms with E-state index in [-0.39, 0.29) is 11.9 Å². The smallest absolute Gasteiger partial charge is 0.243 e. The Morgan fingerprint density at radius 3 is 2.03 bits per heavy atom. The molecule has 0 spiro atoms. The van der Waals surface area contributed by atoms with Crippen molar-refractivity contribution in [3.05, 3.63) is 84.4 Å². The van der Waals surface area contributed by atoms with E-state index in [1.807, 2.05) is 78.6 Å². The Kier molecular flexibility index (Phi) is 7.69. The van der Waals surface area contributed by atoms with Gasteiger partial charge in [0.25, 0.3) is 0 Å². The number of amides is 1. The SMILES string of the molecule is CC(C)c1ccc(S(=O)(=O)N2CCN([C@@H](C)C(=O)Nc3ccccc3-c3ccccc3)CC2)cc1. The van der Waals surface area contributed by atoms with Gasteiger partial charge in [-0.05, 0) is 42.2 Å². The average Bonchev–Trinajstić information content (AvgIpc) is 2.89. The Morgan fingerprint density at radius 2 is 1.40 bits per heavy atom. The van der Waals surface area contributed by atoms with Crippen molar-refractivity contribution in [3.63, 3.8) is 0 Å². The van der Waals surface area contributed by atoms with Crippen LogP contribution in [-0.4, -0.2) is 55.8 Å². The molecule has 35 heavy (non-hydrogen) atoms. The van der Waals surface area contributed by atoms with Crippen LogP contribution in [0.25, 0.3) is 11.1 Å². The number of sulfonamides is 1. The molecule has 1 aliphatic heterocycles. The molecule has 0 aromatic heterocycles. The van der Waals surface area contributed by atoms with Crippen molar-refractivity contribution in [3.8, 4) is 11.1 Å². The molecule has 1 atom stereocenters. The lowest BCUT2D eigenvalue weighted by atomic mass is 10.0. The van der Waals surface area contributed by atoms with Gasteiger partial charge < -0.3 is 5.32 Å². The van der Waals surface area contributed by atoms with Crippen molar-refractivity contribution in [2.45, 2.75) is 37.6 Å². The predicted octanol–water partition coefficient (Wildman–Crippen LogP) is 4.81. The van der Waals surface area contributed by atoms with E-state index in [9.17, 15) is 13.2 Å². The quantitative estimate of drug-likeness (QED) is 0.515. The van der Waals surface area contributed by atoms with E-state index < -0.39 is 10.0 Å². The number of hydrogen-bond acceptors (Lipinski definition) is 4. The number of benzene rings is 3. The lowest BCUT2D eigenvalue weighted by molar-refractivity contribution is -0.121. The average molecular weight is 492 g/mol. The number of hydrogen-bond donors (Lipinski definition) is 1. The largest absolute Gasteiger partial charge is 0.324 e. The molecule has 184 valence electrons. The Balaban J connectivity index is 1.39. The molecule has 3 aromatic rings. The fraction of sp³-hybridized carbons (Fsp3) is 0.321. The maximum absolute atomic E-state index is 13.1. The number of rotatable bonds is 7. The molecule has 4 rings (SSSR count). The van der Waals surface area contributed by atoms with Gasteiger partial charge in [0.15, 0.2) is 0 Å². The third-order valence-corrected chi connectivity index (χ3v) is 8.57. The molecule has 1 heterocycles. The summed E-state index contributed by atoms with van der Waals surface area (Å²) in [6.07, 6.45) is 0. The van der Waals surface area contributed by atoms with E-state index in [0.717, 1.165) is 22.4 Å². The molecule has 3 aromatic carbocycles. The highest BCUT2D eigenvalue weighted by Gasteiger charge is 2.32. The normalized spacial score (nSPS) is 16.2. The maximum atomic E-state index is 13.1. The number of carbonyl (C=O) groups is 1. The van der Waals surface area contributed by atoms with Gasteiger partial charge in [0.2, 0.25) is 15.9 Å². The fourth-order valence-electron chi connectivity index (χ4n) is 4.37. The summed E-state index contributed by atoms with van der Waals surface area (Å²) in [5, 5.41) is 3.08. The Hall–Kier alpha value is -3.00. The minimum absolute atomic E-state index is 0.103. The third-order valence-electron chi connectivity index (χ3n) is 6.65. The Labute approximate surface area is 208 Å². The van der Waals surface area contributed by atoms with E-state index >= 15 is 0 Å². The highest BCUT2D eigenvalue weighted by Crippen LogP contribution is 2.28. The first kappa shape index (κ1) is 25.1. The van der Waals surface area contributed by atoms with E-state index in [4.69, 9.17) is 0 Å². The first-order valence-corrected chi connectivity index (χ1v) is 13.5. The first-order valence-electron chi connectivity index (χ1n) is 12.1. The van der Waals surface area contributed by atoms with E-state index in [2.05, 4.69) is 19.2 Å². The first-order chi connectivity index (χ1) is 16.8. The van der Waals surface area contributed by atoms with Crippen LogP contribution in [0.3, 0.4) is 0 Å². The number of piperazine rings is 1. The van der Waals surface area contributed by atoms with Crippen LogP contribution in [0, 0.1) is 0 Å². The van der Waals surface area contributed by atoms with Gasteiger partial charge in [0.05, 0.1) is 10.9 Å². The second-order valence-corrected chi connectivity index (χ2v) is 11.2. The third kappa shape index (κ3) is 5.64. The molecule has 1 aliphatic rings. The predicted molar refractivity (Wildman–Crippen MR) is 141 cm³/mol. The van der Waals surface area contributed by atoms with Gasteiger partial charge in [0.1, 0.15) is 0 Å². The van der Waals surface area contributed by atoms with Gasteiger partial charge in [-0.25, -0.2) is 8.42 Å². The zero-order valence-corrected chi connectivity index (χ0v) is 21.3. The zero-order valence-electron chi connectivity index (χ0n) is 20.5. The van der Waals surface area contributed by atoms with Crippen LogP contribution < -0.4 is 5.32 Å². The van der Waals surface area contributed by atoms with Crippen molar-refractivity contribution in [1.29, 1.82) is 0 Å². The maximum Gasteiger partial charge on any atom is 0.243 e. The van der Waals surface area contributed by atoms with Crippen molar-refractivity contribution in [1.82, 2.24) is 9.21 Å². The molecule has 0 bridgehead atoms. The van der Waals surface area contributed by atoms with Crippen molar-refractivity contribution in [2.75, 3.05) is 31.5 Å². The van der Waals surface area contributed by atoms with Crippen LogP contribution in [0.5, 0.6) is 0 Å². The molecule has 1 saturated heterocycles. The van der Waals surface area contributed by atoms with Crippen molar-refractivity contribution in [2.24, 2.45) is 0 Å². The number of carbonyl (C=O) groups excluding carboxylic acids is 1. The van der Waals surface area contributed by atoms with Crippen LogP contribution in [0.15, 0.2) is 83.8 Å². The van der Waals surface area contributed by atoms with E-state index in [1.54, 1.807) is 12.1 Å². The topological polar surface area (TPSA) is 69.7 Å².